The third kappa shape index (κ3) is 2.44. The molecule has 0 atom stereocenters. The molecule has 1 aromatic rings. The van der Waals surface area contributed by atoms with Crippen molar-refractivity contribution in [3.8, 4) is 0 Å². The maximum Gasteiger partial charge on any atom is 0.419 e. The van der Waals surface area contributed by atoms with E-state index in [4.69, 9.17) is 0 Å². The topological polar surface area (TPSA) is 17.1 Å². The van der Waals surface area contributed by atoms with Crippen molar-refractivity contribution in [3.05, 3.63) is 35.1 Å². The van der Waals surface area contributed by atoms with Gasteiger partial charge in [0.1, 0.15) is 5.82 Å². The van der Waals surface area contributed by atoms with E-state index in [1.165, 1.54) is 6.92 Å². The fourth-order valence-corrected chi connectivity index (χ4v) is 1.23. The predicted octanol–water partition coefficient (Wildman–Crippen LogP) is 3.42. The summed E-state index contributed by atoms with van der Waals surface area (Å²) in [6.07, 6.45) is -4.82. The molecule has 0 aliphatic carbocycles. The van der Waals surface area contributed by atoms with Gasteiger partial charge >= 0.3 is 6.18 Å². The van der Waals surface area contributed by atoms with Gasteiger partial charge in [0.2, 0.25) is 5.78 Å². The highest BCUT2D eigenvalue weighted by Gasteiger charge is 2.35. The van der Waals surface area contributed by atoms with Crippen LogP contribution < -0.4 is 0 Å². The Labute approximate surface area is 94.1 Å². The van der Waals surface area contributed by atoms with E-state index in [0.717, 1.165) is 12.1 Å². The number of carbonyl (C=O) groups excluding carboxylic acids is 1. The van der Waals surface area contributed by atoms with E-state index in [1.807, 2.05) is 0 Å². The summed E-state index contributed by atoms with van der Waals surface area (Å²) in [6, 6.07) is 2.52. The number of hydrogen-bond donors (Lipinski definition) is 0. The van der Waals surface area contributed by atoms with Crippen LogP contribution in [0.1, 0.15) is 22.8 Å². The van der Waals surface area contributed by atoms with E-state index in [1.54, 1.807) is 0 Å². The van der Waals surface area contributed by atoms with Gasteiger partial charge in [0, 0.05) is 0 Å². The van der Waals surface area contributed by atoms with Crippen LogP contribution in [0.5, 0.6) is 0 Å². The van der Waals surface area contributed by atoms with Crippen LogP contribution in [0.15, 0.2) is 18.2 Å². The number of hydrogen-bond acceptors (Lipinski definition) is 2. The van der Waals surface area contributed by atoms with Gasteiger partial charge in [0.05, 0.1) is 16.0 Å². The van der Waals surface area contributed by atoms with E-state index < -0.39 is 28.9 Å². The van der Waals surface area contributed by atoms with E-state index >= 15 is 0 Å². The summed E-state index contributed by atoms with van der Waals surface area (Å²) in [4.78, 5) is 11.1. The number of rotatable bonds is 2. The lowest BCUT2D eigenvalue weighted by molar-refractivity contribution is -0.140. The van der Waals surface area contributed by atoms with Crippen LogP contribution in [0.4, 0.5) is 17.6 Å². The van der Waals surface area contributed by atoms with E-state index in [-0.39, 0.29) is 4.86 Å². The SMILES string of the molecule is CC(=S)C(=O)c1cccc(C(F)(F)F)c1F. The second-order valence-electron chi connectivity index (χ2n) is 3.05. The summed E-state index contributed by atoms with van der Waals surface area (Å²) in [5.74, 6) is -2.48. The van der Waals surface area contributed by atoms with Crippen LogP contribution >= 0.6 is 12.2 Å². The first kappa shape index (κ1) is 12.8. The molecule has 0 aliphatic rings. The number of alkyl halides is 3. The Morgan fingerprint density at radius 1 is 1.31 bits per heavy atom. The van der Waals surface area contributed by atoms with E-state index in [0.29, 0.717) is 6.07 Å². The van der Waals surface area contributed by atoms with Crippen LogP contribution in [0, 0.1) is 5.82 Å². The summed E-state index contributed by atoms with van der Waals surface area (Å²) in [7, 11) is 0. The third-order valence-electron chi connectivity index (χ3n) is 1.87. The van der Waals surface area contributed by atoms with Gasteiger partial charge in [-0.25, -0.2) is 4.39 Å². The highest BCUT2D eigenvalue weighted by atomic mass is 32.1. The van der Waals surface area contributed by atoms with Crippen molar-refractivity contribution < 1.29 is 22.4 Å². The minimum absolute atomic E-state index is 0.182. The molecule has 1 rings (SSSR count). The maximum absolute atomic E-state index is 13.4. The van der Waals surface area contributed by atoms with Crippen molar-refractivity contribution in [2.75, 3.05) is 0 Å². The third-order valence-corrected chi connectivity index (χ3v) is 2.05. The second kappa shape index (κ2) is 4.29. The van der Waals surface area contributed by atoms with Crippen LogP contribution in [-0.2, 0) is 6.18 Å². The monoisotopic (exact) mass is 250 g/mol. The summed E-state index contributed by atoms with van der Waals surface area (Å²) >= 11 is 4.50. The zero-order chi connectivity index (χ0) is 12.5. The molecule has 0 aliphatic heterocycles. The summed E-state index contributed by atoms with van der Waals surface area (Å²) in [5, 5.41) is 0. The molecule has 86 valence electrons. The average molecular weight is 250 g/mol. The molecule has 1 nitrogen and oxygen atoms in total. The normalized spacial score (nSPS) is 11.3. The Morgan fingerprint density at radius 3 is 2.31 bits per heavy atom. The molecule has 1 aromatic carbocycles. The highest BCUT2D eigenvalue weighted by Crippen LogP contribution is 2.32. The zero-order valence-electron chi connectivity index (χ0n) is 8.06. The molecule has 6 heteroatoms. The average Bonchev–Trinajstić information content (AvgIpc) is 2.15. The van der Waals surface area contributed by atoms with Gasteiger partial charge in [-0.2, -0.15) is 13.2 Å². The van der Waals surface area contributed by atoms with Crippen LogP contribution in [-0.4, -0.2) is 10.6 Å². The molecule has 0 saturated carbocycles. The number of halogens is 4. The molecule has 0 bridgehead atoms. The largest absolute Gasteiger partial charge is 0.419 e. The molecular weight excluding hydrogens is 244 g/mol. The lowest BCUT2D eigenvalue weighted by Gasteiger charge is -2.09. The van der Waals surface area contributed by atoms with Crippen LogP contribution in [0.2, 0.25) is 0 Å². The van der Waals surface area contributed by atoms with Gasteiger partial charge in [0.15, 0.2) is 0 Å². The quantitative estimate of drug-likeness (QED) is 0.454. The molecule has 0 spiro atoms. The van der Waals surface area contributed by atoms with E-state index in [2.05, 4.69) is 12.2 Å². The minimum atomic E-state index is -4.82. The first-order valence-corrected chi connectivity index (χ1v) is 4.57. The van der Waals surface area contributed by atoms with Crippen molar-refractivity contribution in [1.29, 1.82) is 0 Å². The zero-order valence-corrected chi connectivity index (χ0v) is 8.88. The van der Waals surface area contributed by atoms with Gasteiger partial charge < -0.3 is 0 Å². The van der Waals surface area contributed by atoms with Crippen LogP contribution in [0.25, 0.3) is 0 Å². The van der Waals surface area contributed by atoms with Crippen molar-refractivity contribution in [1.82, 2.24) is 0 Å². The van der Waals surface area contributed by atoms with Gasteiger partial charge in [-0.05, 0) is 19.1 Å². The van der Waals surface area contributed by atoms with Crippen molar-refractivity contribution >= 4 is 22.9 Å². The summed E-state index contributed by atoms with van der Waals surface area (Å²) in [6.45, 7) is 1.23. The Hall–Kier alpha value is -1.30. The van der Waals surface area contributed by atoms with Gasteiger partial charge in [-0.15, -0.1) is 0 Å². The second-order valence-corrected chi connectivity index (χ2v) is 3.66. The van der Waals surface area contributed by atoms with Crippen molar-refractivity contribution in [2.45, 2.75) is 13.1 Å². The van der Waals surface area contributed by atoms with Crippen LogP contribution in [0.3, 0.4) is 0 Å². The Bertz CT molecular complexity index is 451. The predicted molar refractivity (Wildman–Crippen MR) is 54.0 cm³/mol. The highest BCUT2D eigenvalue weighted by molar-refractivity contribution is 7.82. The number of benzene rings is 1. The molecule has 0 fully saturated rings. The van der Waals surface area contributed by atoms with Crippen molar-refractivity contribution in [3.63, 3.8) is 0 Å². The first-order chi connectivity index (χ1) is 7.25. The standard InChI is InChI=1S/C10H6F4OS/c1-5(16)9(15)6-3-2-4-7(8(6)11)10(12,13)14/h2-4H,1H3. The Kier molecular flexibility index (Phi) is 3.42. The Morgan fingerprint density at radius 2 is 1.88 bits per heavy atom. The molecule has 0 aromatic heterocycles. The molecule has 0 radical (unpaired) electrons. The maximum atomic E-state index is 13.4. The van der Waals surface area contributed by atoms with Crippen molar-refractivity contribution in [2.24, 2.45) is 0 Å². The number of Topliss-reactive ketones (excluding diaryl/α,β-unsaturated/α-hetero) is 1. The lowest BCUT2D eigenvalue weighted by Crippen LogP contribution is -2.15. The van der Waals surface area contributed by atoms with E-state index in [9.17, 15) is 22.4 Å². The molecular formula is C10H6F4OS. The molecule has 0 saturated heterocycles. The summed E-state index contributed by atoms with van der Waals surface area (Å²) in [5.41, 5.74) is -2.11. The molecule has 0 amide bonds. The molecule has 0 heterocycles. The summed E-state index contributed by atoms with van der Waals surface area (Å²) < 4.78 is 50.3. The first-order valence-electron chi connectivity index (χ1n) is 4.16. The smallest absolute Gasteiger partial charge is 0.288 e. The lowest BCUT2D eigenvalue weighted by atomic mass is 10.0. The number of carbonyl (C=O) groups is 1. The van der Waals surface area contributed by atoms with Gasteiger partial charge in [-0.1, -0.05) is 18.3 Å². The molecule has 0 N–H and O–H groups in total. The fourth-order valence-electron chi connectivity index (χ4n) is 1.12. The van der Waals surface area contributed by atoms with Gasteiger partial charge in [-0.3, -0.25) is 4.79 Å². The number of thiocarbonyl (C=S) groups is 1. The fraction of sp³-hybridized carbons (Fsp3) is 0.200. The molecule has 16 heavy (non-hydrogen) atoms. The Balaban J connectivity index is 3.36. The molecule has 0 unspecified atom stereocenters. The minimum Gasteiger partial charge on any atom is -0.288 e. The van der Waals surface area contributed by atoms with Gasteiger partial charge in [0.25, 0.3) is 0 Å². The number of ketones is 1.